The van der Waals surface area contributed by atoms with Crippen LogP contribution in [-0.2, 0) is 9.05 Å². The maximum atomic E-state index is 13.1. The Kier molecular flexibility index (Phi) is 3.78. The average Bonchev–Trinajstić information content (AvgIpc) is 2.33. The molecule has 2 aromatic carbocycles. The molecule has 0 N–H and O–H groups in total. The van der Waals surface area contributed by atoms with Crippen molar-refractivity contribution in [1.29, 1.82) is 0 Å². The predicted octanol–water partition coefficient (Wildman–Crippen LogP) is 3.85. The summed E-state index contributed by atoms with van der Waals surface area (Å²) >= 11 is 0. The summed E-state index contributed by atoms with van der Waals surface area (Å²) in [5.74, 6) is 0.603. The zero-order valence-electron chi connectivity index (χ0n) is 9.93. The van der Waals surface area contributed by atoms with E-state index in [2.05, 4.69) is 0 Å². The van der Waals surface area contributed by atoms with Crippen molar-refractivity contribution in [3.05, 3.63) is 53.8 Å². The van der Waals surface area contributed by atoms with E-state index in [1.54, 1.807) is 13.0 Å². The molecule has 0 aromatic heterocycles. The van der Waals surface area contributed by atoms with Crippen LogP contribution in [0.3, 0.4) is 0 Å². The van der Waals surface area contributed by atoms with Crippen LogP contribution in [0.25, 0.3) is 0 Å². The molecule has 0 aliphatic carbocycles. The lowest BCUT2D eigenvalue weighted by Crippen LogP contribution is -1.91. The van der Waals surface area contributed by atoms with Crippen molar-refractivity contribution in [3.63, 3.8) is 0 Å². The zero-order chi connectivity index (χ0) is 14.0. The molecule has 3 nitrogen and oxygen atoms in total. The summed E-state index contributed by atoms with van der Waals surface area (Å²) in [5.41, 5.74) is 0.470. The van der Waals surface area contributed by atoms with Crippen LogP contribution in [0.15, 0.2) is 47.4 Å². The highest BCUT2D eigenvalue weighted by Crippen LogP contribution is 2.25. The van der Waals surface area contributed by atoms with E-state index in [1.165, 1.54) is 36.4 Å². The summed E-state index contributed by atoms with van der Waals surface area (Å²) in [6.07, 6.45) is 0. The lowest BCUT2D eigenvalue weighted by Gasteiger charge is -2.07. The Bertz CT molecular complexity index is 696. The fraction of sp³-hybridized carbons (Fsp3) is 0.0769. The first-order chi connectivity index (χ1) is 8.86. The zero-order valence-corrected chi connectivity index (χ0v) is 11.5. The average molecular weight is 301 g/mol. The van der Waals surface area contributed by atoms with Crippen molar-refractivity contribution >= 4 is 19.7 Å². The number of benzene rings is 2. The van der Waals surface area contributed by atoms with E-state index < -0.39 is 9.05 Å². The molecule has 2 rings (SSSR count). The smallest absolute Gasteiger partial charge is 0.261 e. The van der Waals surface area contributed by atoms with Gasteiger partial charge in [-0.25, -0.2) is 12.8 Å². The van der Waals surface area contributed by atoms with E-state index in [-0.39, 0.29) is 10.7 Å². The van der Waals surface area contributed by atoms with E-state index in [0.29, 0.717) is 17.1 Å². The van der Waals surface area contributed by atoms with Gasteiger partial charge in [0.15, 0.2) is 0 Å². The van der Waals surface area contributed by atoms with Crippen LogP contribution in [0.1, 0.15) is 5.56 Å². The van der Waals surface area contributed by atoms with E-state index in [4.69, 9.17) is 15.4 Å². The summed E-state index contributed by atoms with van der Waals surface area (Å²) < 4.78 is 40.7. The Labute approximate surface area is 115 Å². The van der Waals surface area contributed by atoms with Gasteiger partial charge in [-0.3, -0.25) is 0 Å². The van der Waals surface area contributed by atoms with Crippen molar-refractivity contribution in [2.45, 2.75) is 11.8 Å². The van der Waals surface area contributed by atoms with Crippen molar-refractivity contribution in [3.8, 4) is 11.5 Å². The second kappa shape index (κ2) is 5.19. The van der Waals surface area contributed by atoms with Gasteiger partial charge in [0.25, 0.3) is 9.05 Å². The summed E-state index contributed by atoms with van der Waals surface area (Å²) in [4.78, 5) is -0.00296. The Hall–Kier alpha value is -1.59. The molecule has 0 aliphatic heterocycles. The number of ether oxygens (including phenoxy) is 1. The highest BCUT2D eigenvalue weighted by Gasteiger charge is 2.09. The van der Waals surface area contributed by atoms with Crippen molar-refractivity contribution in [2.75, 3.05) is 0 Å². The maximum Gasteiger partial charge on any atom is 0.261 e. The van der Waals surface area contributed by atoms with Crippen molar-refractivity contribution in [2.24, 2.45) is 0 Å². The minimum absolute atomic E-state index is 0.00296. The Morgan fingerprint density at radius 1 is 1.05 bits per heavy atom. The molecule has 0 unspecified atom stereocenters. The summed E-state index contributed by atoms with van der Waals surface area (Å²) in [5, 5.41) is 0. The molecule has 19 heavy (non-hydrogen) atoms. The monoisotopic (exact) mass is 300 g/mol. The van der Waals surface area contributed by atoms with E-state index in [0.717, 1.165) is 0 Å². The highest BCUT2D eigenvalue weighted by atomic mass is 35.7. The number of hydrogen-bond donors (Lipinski definition) is 0. The lowest BCUT2D eigenvalue weighted by molar-refractivity contribution is 0.479. The second-order valence-corrected chi connectivity index (χ2v) is 6.49. The van der Waals surface area contributed by atoms with E-state index >= 15 is 0 Å². The molecule has 0 saturated heterocycles. The van der Waals surface area contributed by atoms with E-state index in [1.807, 2.05) is 0 Å². The van der Waals surface area contributed by atoms with Gasteiger partial charge >= 0.3 is 0 Å². The fourth-order valence-corrected chi connectivity index (χ4v) is 2.26. The molecule has 0 bridgehead atoms. The van der Waals surface area contributed by atoms with Gasteiger partial charge in [0.05, 0.1) is 4.90 Å². The molecule has 0 saturated carbocycles. The Morgan fingerprint density at radius 2 is 1.63 bits per heavy atom. The molecule has 0 spiro atoms. The summed E-state index contributed by atoms with van der Waals surface area (Å²) in [6, 6.07) is 10.0. The molecule has 6 heteroatoms. The van der Waals surface area contributed by atoms with Crippen molar-refractivity contribution in [1.82, 2.24) is 0 Å². The van der Waals surface area contributed by atoms with Gasteiger partial charge < -0.3 is 4.74 Å². The Balaban J connectivity index is 2.22. The third-order valence-electron chi connectivity index (χ3n) is 2.47. The largest absolute Gasteiger partial charge is 0.457 e. The summed E-state index contributed by atoms with van der Waals surface area (Å²) in [7, 11) is 1.46. The van der Waals surface area contributed by atoms with Gasteiger partial charge in [-0.1, -0.05) is 0 Å². The van der Waals surface area contributed by atoms with Gasteiger partial charge in [0, 0.05) is 10.7 Å². The molecule has 0 heterocycles. The molecule has 0 aliphatic rings. The first-order valence-corrected chi connectivity index (χ1v) is 7.66. The SMILES string of the molecule is Cc1cc(Oc2ccc(S(=O)(=O)Cl)cc2)ccc1F. The van der Waals surface area contributed by atoms with Crippen LogP contribution in [0.2, 0.25) is 0 Å². The van der Waals surface area contributed by atoms with Gasteiger partial charge in [0.2, 0.25) is 0 Å². The molecule has 0 atom stereocenters. The second-order valence-electron chi connectivity index (χ2n) is 3.92. The highest BCUT2D eigenvalue weighted by molar-refractivity contribution is 8.13. The van der Waals surface area contributed by atoms with Crippen LogP contribution in [0, 0.1) is 12.7 Å². The fourth-order valence-electron chi connectivity index (χ4n) is 1.49. The lowest BCUT2D eigenvalue weighted by atomic mass is 10.2. The molecular formula is C13H10ClFO3S. The van der Waals surface area contributed by atoms with Gasteiger partial charge in [-0.2, -0.15) is 0 Å². The molecule has 0 radical (unpaired) electrons. The normalized spacial score (nSPS) is 11.3. The molecule has 0 fully saturated rings. The number of aryl methyl sites for hydroxylation is 1. The predicted molar refractivity (Wildman–Crippen MR) is 70.7 cm³/mol. The standard InChI is InChI=1S/C13H10ClFO3S/c1-9-8-11(4-7-13(9)15)18-10-2-5-12(6-3-10)19(14,16)17/h2-8H,1H3. The van der Waals surface area contributed by atoms with Crippen LogP contribution >= 0.6 is 10.7 Å². The summed E-state index contributed by atoms with van der Waals surface area (Å²) in [6.45, 7) is 1.63. The van der Waals surface area contributed by atoms with E-state index in [9.17, 15) is 12.8 Å². The maximum absolute atomic E-state index is 13.1. The first kappa shape index (κ1) is 13.8. The third-order valence-corrected chi connectivity index (χ3v) is 3.84. The van der Waals surface area contributed by atoms with Crippen LogP contribution < -0.4 is 4.74 Å². The topological polar surface area (TPSA) is 43.4 Å². The van der Waals surface area contributed by atoms with Gasteiger partial charge in [-0.15, -0.1) is 0 Å². The van der Waals surface area contributed by atoms with Crippen LogP contribution in [0.5, 0.6) is 11.5 Å². The molecule has 0 amide bonds. The van der Waals surface area contributed by atoms with Gasteiger partial charge in [0.1, 0.15) is 17.3 Å². The first-order valence-electron chi connectivity index (χ1n) is 5.35. The molecule has 100 valence electrons. The van der Waals surface area contributed by atoms with Crippen LogP contribution in [0.4, 0.5) is 4.39 Å². The number of rotatable bonds is 3. The molecular weight excluding hydrogens is 291 g/mol. The number of hydrogen-bond acceptors (Lipinski definition) is 3. The van der Waals surface area contributed by atoms with Crippen molar-refractivity contribution < 1.29 is 17.5 Å². The minimum atomic E-state index is -3.74. The van der Waals surface area contributed by atoms with Crippen LogP contribution in [-0.4, -0.2) is 8.42 Å². The quantitative estimate of drug-likeness (QED) is 0.809. The Morgan fingerprint density at radius 3 is 2.16 bits per heavy atom. The molecule has 2 aromatic rings. The minimum Gasteiger partial charge on any atom is -0.457 e. The number of halogens is 2. The third kappa shape index (κ3) is 3.45. The van der Waals surface area contributed by atoms with Gasteiger partial charge in [-0.05, 0) is 55.0 Å².